The third kappa shape index (κ3) is 6.40. The van der Waals surface area contributed by atoms with Gasteiger partial charge in [0.1, 0.15) is 5.75 Å². The van der Waals surface area contributed by atoms with Crippen molar-refractivity contribution in [1.29, 1.82) is 0 Å². The molecule has 1 aromatic carbocycles. The van der Waals surface area contributed by atoms with Gasteiger partial charge in [0.15, 0.2) is 11.7 Å². The molecule has 0 aliphatic carbocycles. The van der Waals surface area contributed by atoms with E-state index < -0.39 is 0 Å². The third-order valence-electron chi connectivity index (χ3n) is 3.68. The summed E-state index contributed by atoms with van der Waals surface area (Å²) in [6.45, 7) is 5.98. The molecule has 1 heterocycles. The number of nitrogens with one attached hydrogen (secondary N) is 2. The highest BCUT2D eigenvalue weighted by molar-refractivity contribution is 5.93. The number of aliphatic imine (C=N–C) groups is 1. The van der Waals surface area contributed by atoms with Gasteiger partial charge in [-0.1, -0.05) is 25.1 Å². The van der Waals surface area contributed by atoms with Gasteiger partial charge in [-0.2, -0.15) is 0 Å². The molecular weight excluding hydrogens is 332 g/mol. The lowest BCUT2D eigenvalue weighted by Crippen LogP contribution is -2.30. The Balaban J connectivity index is 1.86. The molecule has 0 aliphatic rings. The highest BCUT2D eigenvalue weighted by atomic mass is 16.5. The molecule has 2 N–H and O–H groups in total. The molecule has 0 saturated carbocycles. The molecule has 0 fully saturated rings. The molecule has 7 nitrogen and oxygen atoms in total. The summed E-state index contributed by atoms with van der Waals surface area (Å²) in [5, 5.41) is 10.5. The molecule has 1 aromatic heterocycles. The van der Waals surface area contributed by atoms with Crippen LogP contribution >= 0.6 is 0 Å². The summed E-state index contributed by atoms with van der Waals surface area (Å²) in [5.74, 6) is 2.56. The first-order valence-electron chi connectivity index (χ1n) is 8.77. The van der Waals surface area contributed by atoms with Crippen LogP contribution in [0.2, 0.25) is 0 Å². The van der Waals surface area contributed by atoms with Gasteiger partial charge in [0.2, 0.25) is 0 Å². The Morgan fingerprint density at radius 3 is 2.81 bits per heavy atom. The number of hydrogen-bond acceptors (Lipinski definition) is 5. The zero-order chi connectivity index (χ0) is 18.8. The first-order valence-corrected chi connectivity index (χ1v) is 8.77. The molecule has 0 radical (unpaired) electrons. The van der Waals surface area contributed by atoms with Crippen molar-refractivity contribution < 1.29 is 14.0 Å². The number of aromatic nitrogens is 1. The average molecular weight is 360 g/mol. The van der Waals surface area contributed by atoms with E-state index in [0.29, 0.717) is 31.6 Å². The highest BCUT2D eigenvalue weighted by Gasteiger charge is 2.08. The molecule has 142 valence electrons. The minimum Gasteiger partial charge on any atom is -0.493 e. The molecule has 2 aromatic rings. The van der Waals surface area contributed by atoms with E-state index in [4.69, 9.17) is 14.0 Å². The standard InChI is InChI=1S/C19H28N4O3/c1-14(2)18-12-17(26-23-18)13-21-19(20-3)22-15-7-5-8-16(11-15)25-10-6-9-24-4/h5,7-8,11-12,14H,6,9-10,13H2,1-4H3,(H2,20,21,22). The van der Waals surface area contributed by atoms with Crippen LogP contribution in [0.5, 0.6) is 5.75 Å². The molecule has 0 amide bonds. The summed E-state index contributed by atoms with van der Waals surface area (Å²) in [7, 11) is 3.41. The molecule has 0 saturated heterocycles. The second kappa shape index (κ2) is 10.5. The summed E-state index contributed by atoms with van der Waals surface area (Å²) >= 11 is 0. The van der Waals surface area contributed by atoms with Crippen molar-refractivity contribution in [2.45, 2.75) is 32.7 Å². The van der Waals surface area contributed by atoms with Crippen LogP contribution in [0, 0.1) is 0 Å². The van der Waals surface area contributed by atoms with Crippen molar-refractivity contribution in [1.82, 2.24) is 10.5 Å². The Labute approximate surface area is 154 Å². The van der Waals surface area contributed by atoms with Crippen LogP contribution < -0.4 is 15.4 Å². The van der Waals surface area contributed by atoms with E-state index >= 15 is 0 Å². The molecule has 26 heavy (non-hydrogen) atoms. The van der Waals surface area contributed by atoms with Crippen LogP contribution in [-0.4, -0.2) is 38.5 Å². The summed E-state index contributed by atoms with van der Waals surface area (Å²) in [5.41, 5.74) is 1.84. The zero-order valence-electron chi connectivity index (χ0n) is 15.9. The maximum atomic E-state index is 5.71. The first kappa shape index (κ1) is 19.8. The van der Waals surface area contributed by atoms with Gasteiger partial charge in [0, 0.05) is 45.0 Å². The molecule has 2 rings (SSSR count). The van der Waals surface area contributed by atoms with Crippen molar-refractivity contribution >= 4 is 11.6 Å². The van der Waals surface area contributed by atoms with E-state index in [9.17, 15) is 0 Å². The SMILES string of the molecule is CN=C(NCc1cc(C(C)C)no1)Nc1cccc(OCCCOC)c1. The number of benzene rings is 1. The lowest BCUT2D eigenvalue weighted by atomic mass is 10.1. The minimum atomic E-state index is 0.344. The van der Waals surface area contributed by atoms with Crippen molar-refractivity contribution in [2.75, 3.05) is 32.7 Å². The maximum absolute atomic E-state index is 5.71. The van der Waals surface area contributed by atoms with E-state index in [2.05, 4.69) is 34.6 Å². The van der Waals surface area contributed by atoms with Crippen LogP contribution in [0.15, 0.2) is 39.8 Å². The van der Waals surface area contributed by atoms with E-state index in [1.807, 2.05) is 30.3 Å². The van der Waals surface area contributed by atoms with Crippen molar-refractivity contribution in [3.63, 3.8) is 0 Å². The number of rotatable bonds is 9. The number of anilines is 1. The zero-order valence-corrected chi connectivity index (χ0v) is 15.9. The quantitative estimate of drug-likeness (QED) is 0.405. The molecule has 0 bridgehead atoms. The number of ether oxygens (including phenoxy) is 2. The van der Waals surface area contributed by atoms with E-state index in [1.165, 1.54) is 0 Å². The number of methoxy groups -OCH3 is 1. The minimum absolute atomic E-state index is 0.344. The third-order valence-corrected chi connectivity index (χ3v) is 3.68. The van der Waals surface area contributed by atoms with Crippen LogP contribution in [0.3, 0.4) is 0 Å². The van der Waals surface area contributed by atoms with Gasteiger partial charge in [-0.3, -0.25) is 4.99 Å². The number of nitrogens with zero attached hydrogens (tertiary/aromatic N) is 2. The van der Waals surface area contributed by atoms with Gasteiger partial charge < -0.3 is 24.6 Å². The fourth-order valence-corrected chi connectivity index (χ4v) is 2.23. The van der Waals surface area contributed by atoms with E-state index in [1.54, 1.807) is 14.2 Å². The van der Waals surface area contributed by atoms with Crippen molar-refractivity contribution in [3.8, 4) is 5.75 Å². The van der Waals surface area contributed by atoms with Crippen LogP contribution in [0.25, 0.3) is 0 Å². The van der Waals surface area contributed by atoms with Crippen LogP contribution in [0.1, 0.15) is 37.6 Å². The second-order valence-electron chi connectivity index (χ2n) is 6.15. The van der Waals surface area contributed by atoms with Gasteiger partial charge in [0.25, 0.3) is 0 Å². The van der Waals surface area contributed by atoms with Gasteiger partial charge in [-0.05, 0) is 18.1 Å². The Morgan fingerprint density at radius 2 is 2.12 bits per heavy atom. The van der Waals surface area contributed by atoms with E-state index in [0.717, 1.165) is 29.3 Å². The van der Waals surface area contributed by atoms with Crippen LogP contribution in [0.4, 0.5) is 5.69 Å². The maximum Gasteiger partial charge on any atom is 0.195 e. The Kier molecular flexibility index (Phi) is 7.95. The largest absolute Gasteiger partial charge is 0.493 e. The number of guanidine groups is 1. The molecule has 7 heteroatoms. The molecule has 0 atom stereocenters. The fourth-order valence-electron chi connectivity index (χ4n) is 2.23. The molecular formula is C19H28N4O3. The van der Waals surface area contributed by atoms with Crippen molar-refractivity contribution in [3.05, 3.63) is 41.8 Å². The normalized spacial score (nSPS) is 11.7. The summed E-state index contributed by atoms with van der Waals surface area (Å²) in [6.07, 6.45) is 0.854. The summed E-state index contributed by atoms with van der Waals surface area (Å²) in [6, 6.07) is 9.72. The average Bonchev–Trinajstić information content (AvgIpc) is 3.12. The van der Waals surface area contributed by atoms with Gasteiger partial charge in [-0.25, -0.2) is 0 Å². The summed E-state index contributed by atoms with van der Waals surface area (Å²) < 4.78 is 16.1. The van der Waals surface area contributed by atoms with E-state index in [-0.39, 0.29) is 0 Å². The molecule has 0 aliphatic heterocycles. The van der Waals surface area contributed by atoms with Gasteiger partial charge in [0.05, 0.1) is 18.8 Å². The predicted molar refractivity (Wildman–Crippen MR) is 103 cm³/mol. The smallest absolute Gasteiger partial charge is 0.195 e. The topological polar surface area (TPSA) is 80.9 Å². The highest BCUT2D eigenvalue weighted by Crippen LogP contribution is 2.18. The Bertz CT molecular complexity index is 698. The molecule has 0 spiro atoms. The number of hydrogen-bond donors (Lipinski definition) is 2. The lowest BCUT2D eigenvalue weighted by molar-refractivity contribution is 0.172. The Morgan fingerprint density at radius 1 is 1.27 bits per heavy atom. The summed E-state index contributed by atoms with van der Waals surface area (Å²) in [4.78, 5) is 4.23. The van der Waals surface area contributed by atoms with Gasteiger partial charge in [-0.15, -0.1) is 0 Å². The van der Waals surface area contributed by atoms with Crippen molar-refractivity contribution in [2.24, 2.45) is 4.99 Å². The Hall–Kier alpha value is -2.54. The van der Waals surface area contributed by atoms with Gasteiger partial charge >= 0.3 is 0 Å². The predicted octanol–water partition coefficient (Wildman–Crippen LogP) is 3.40. The fraction of sp³-hybridized carbons (Fsp3) is 0.474. The first-order chi connectivity index (χ1) is 12.6. The van der Waals surface area contributed by atoms with Crippen LogP contribution in [-0.2, 0) is 11.3 Å². The molecule has 0 unspecified atom stereocenters. The monoisotopic (exact) mass is 360 g/mol. The second-order valence-corrected chi connectivity index (χ2v) is 6.15. The lowest BCUT2D eigenvalue weighted by Gasteiger charge is -2.12.